The fraction of sp³-hybridized carbons (Fsp3) is 0.111. The zero-order valence-electron chi connectivity index (χ0n) is 12.2. The summed E-state index contributed by atoms with van der Waals surface area (Å²) >= 11 is 0. The highest BCUT2D eigenvalue weighted by Gasteiger charge is 2.00. The van der Waals surface area contributed by atoms with E-state index in [0.29, 0.717) is 12.1 Å². The minimum absolute atomic E-state index is 0.560. The van der Waals surface area contributed by atoms with Gasteiger partial charge in [-0.25, -0.2) is 4.98 Å². The fourth-order valence-corrected chi connectivity index (χ4v) is 2.27. The minimum atomic E-state index is 0.560. The molecule has 0 atom stereocenters. The third-order valence-corrected chi connectivity index (χ3v) is 3.48. The molecule has 4 nitrogen and oxygen atoms in total. The van der Waals surface area contributed by atoms with Crippen molar-refractivity contribution in [3.63, 3.8) is 0 Å². The summed E-state index contributed by atoms with van der Waals surface area (Å²) in [7, 11) is 1.67. The molecule has 0 bridgehead atoms. The first-order chi connectivity index (χ1) is 10.8. The van der Waals surface area contributed by atoms with Gasteiger partial charge >= 0.3 is 0 Å². The van der Waals surface area contributed by atoms with Crippen LogP contribution in [0.15, 0.2) is 54.7 Å². The Balaban J connectivity index is 1.74. The van der Waals surface area contributed by atoms with Gasteiger partial charge in [0.15, 0.2) is 0 Å². The summed E-state index contributed by atoms with van der Waals surface area (Å²) in [5.74, 6) is 1.62. The number of benzene rings is 2. The molecule has 22 heavy (non-hydrogen) atoms. The molecule has 108 valence electrons. The second-order valence-corrected chi connectivity index (χ2v) is 4.94. The van der Waals surface area contributed by atoms with E-state index in [2.05, 4.69) is 40.6 Å². The summed E-state index contributed by atoms with van der Waals surface area (Å²) in [6.45, 7) is 0.681. The average Bonchev–Trinajstić information content (AvgIpc) is 2.59. The van der Waals surface area contributed by atoms with Gasteiger partial charge in [-0.1, -0.05) is 18.2 Å². The van der Waals surface area contributed by atoms with Crippen LogP contribution < -0.4 is 10.1 Å². The van der Waals surface area contributed by atoms with Crippen molar-refractivity contribution in [3.8, 4) is 11.8 Å². The number of fused-ring (bicyclic) bond motifs is 1. The number of nitrogens with zero attached hydrogens (tertiary/aromatic N) is 2. The molecular weight excluding hydrogens is 274 g/mol. The van der Waals surface area contributed by atoms with E-state index in [9.17, 15) is 0 Å². The van der Waals surface area contributed by atoms with Crippen LogP contribution in [-0.2, 0) is 6.54 Å². The highest BCUT2D eigenvalue weighted by atomic mass is 16.5. The Morgan fingerprint density at radius 1 is 1.09 bits per heavy atom. The van der Waals surface area contributed by atoms with Gasteiger partial charge < -0.3 is 10.1 Å². The van der Waals surface area contributed by atoms with E-state index in [4.69, 9.17) is 10.00 Å². The van der Waals surface area contributed by atoms with Crippen LogP contribution in [0.25, 0.3) is 10.8 Å². The lowest BCUT2D eigenvalue weighted by atomic mass is 10.1. The largest absolute Gasteiger partial charge is 0.497 e. The number of nitrogens with one attached hydrogen (secondary N) is 1. The zero-order valence-corrected chi connectivity index (χ0v) is 12.2. The number of pyridine rings is 1. The fourth-order valence-electron chi connectivity index (χ4n) is 2.27. The second kappa shape index (κ2) is 6.15. The third kappa shape index (κ3) is 2.99. The first-order valence-corrected chi connectivity index (χ1v) is 6.95. The van der Waals surface area contributed by atoms with E-state index >= 15 is 0 Å². The van der Waals surface area contributed by atoms with Crippen LogP contribution in [0.5, 0.6) is 5.75 Å². The Kier molecular flexibility index (Phi) is 3.88. The van der Waals surface area contributed by atoms with Gasteiger partial charge in [-0.3, -0.25) is 0 Å². The van der Waals surface area contributed by atoms with Crippen molar-refractivity contribution < 1.29 is 4.74 Å². The van der Waals surface area contributed by atoms with Gasteiger partial charge in [0.05, 0.1) is 12.7 Å². The van der Waals surface area contributed by atoms with Crippen molar-refractivity contribution in [2.45, 2.75) is 6.54 Å². The monoisotopic (exact) mass is 289 g/mol. The van der Waals surface area contributed by atoms with Gasteiger partial charge in [0.25, 0.3) is 0 Å². The van der Waals surface area contributed by atoms with Crippen molar-refractivity contribution in [2.24, 2.45) is 0 Å². The highest BCUT2D eigenvalue weighted by molar-refractivity contribution is 5.84. The molecule has 3 aromatic rings. The number of methoxy groups -OCH3 is 1. The molecule has 4 heteroatoms. The number of hydrogen-bond acceptors (Lipinski definition) is 4. The van der Waals surface area contributed by atoms with Crippen molar-refractivity contribution in [3.05, 3.63) is 65.9 Å². The van der Waals surface area contributed by atoms with Gasteiger partial charge in [-0.15, -0.1) is 0 Å². The predicted molar refractivity (Wildman–Crippen MR) is 86.8 cm³/mol. The third-order valence-electron chi connectivity index (χ3n) is 3.48. The maximum atomic E-state index is 8.76. The maximum Gasteiger partial charge on any atom is 0.126 e. The molecule has 0 saturated carbocycles. The molecule has 0 aliphatic carbocycles. The normalized spacial score (nSPS) is 10.2. The average molecular weight is 289 g/mol. The SMILES string of the molecule is COc1ccc2cc(CNc3ccc(C#N)cn3)ccc2c1. The summed E-state index contributed by atoms with van der Waals surface area (Å²) < 4.78 is 5.23. The van der Waals surface area contributed by atoms with Crippen molar-refractivity contribution in [1.29, 1.82) is 5.26 Å². The summed E-state index contributed by atoms with van der Waals surface area (Å²) in [5, 5.41) is 14.3. The summed E-state index contributed by atoms with van der Waals surface area (Å²) in [6, 6.07) is 18.0. The van der Waals surface area contributed by atoms with Gasteiger partial charge in [0.2, 0.25) is 0 Å². The van der Waals surface area contributed by atoms with Crippen LogP contribution in [0.1, 0.15) is 11.1 Å². The van der Waals surface area contributed by atoms with Gasteiger partial charge in [0.1, 0.15) is 17.6 Å². The molecule has 0 radical (unpaired) electrons. The molecule has 1 heterocycles. The van der Waals surface area contributed by atoms with Gasteiger partial charge in [-0.05, 0) is 46.7 Å². The lowest BCUT2D eigenvalue weighted by Crippen LogP contribution is -2.01. The van der Waals surface area contributed by atoms with E-state index in [1.54, 1.807) is 19.4 Å². The van der Waals surface area contributed by atoms with Gasteiger partial charge in [0, 0.05) is 12.7 Å². The van der Waals surface area contributed by atoms with E-state index in [1.165, 1.54) is 10.9 Å². The first-order valence-electron chi connectivity index (χ1n) is 6.95. The molecule has 0 fully saturated rings. The maximum absolute atomic E-state index is 8.76. The Morgan fingerprint density at radius 2 is 1.91 bits per heavy atom. The standard InChI is InChI=1S/C18H15N3O/c1-22-17-6-5-15-8-13(2-4-16(15)9-17)11-20-18-7-3-14(10-19)12-21-18/h2-9,12H,11H2,1H3,(H,20,21). The molecule has 1 aromatic heterocycles. The molecule has 0 spiro atoms. The molecule has 3 rings (SSSR count). The Bertz CT molecular complexity index is 835. The Labute approximate surface area is 129 Å². The van der Waals surface area contributed by atoms with Crippen molar-refractivity contribution in [1.82, 2.24) is 4.98 Å². The van der Waals surface area contributed by atoms with Crippen LogP contribution in [0.2, 0.25) is 0 Å². The molecular formula is C18H15N3O. The number of rotatable bonds is 4. The van der Waals surface area contributed by atoms with E-state index < -0.39 is 0 Å². The quantitative estimate of drug-likeness (QED) is 0.795. The molecule has 0 aliphatic heterocycles. The molecule has 2 aromatic carbocycles. The molecule has 0 aliphatic rings. The Hall–Kier alpha value is -3.06. The second-order valence-electron chi connectivity index (χ2n) is 4.94. The number of anilines is 1. The number of ether oxygens (including phenoxy) is 1. The van der Waals surface area contributed by atoms with Crippen LogP contribution in [0.3, 0.4) is 0 Å². The van der Waals surface area contributed by atoms with Crippen LogP contribution >= 0.6 is 0 Å². The number of aromatic nitrogens is 1. The van der Waals surface area contributed by atoms with E-state index in [0.717, 1.165) is 17.0 Å². The molecule has 0 saturated heterocycles. The minimum Gasteiger partial charge on any atom is -0.497 e. The molecule has 0 amide bonds. The smallest absolute Gasteiger partial charge is 0.126 e. The predicted octanol–water partition coefficient (Wildman–Crippen LogP) is 3.73. The van der Waals surface area contributed by atoms with Crippen LogP contribution in [-0.4, -0.2) is 12.1 Å². The van der Waals surface area contributed by atoms with Crippen molar-refractivity contribution in [2.75, 3.05) is 12.4 Å². The summed E-state index contributed by atoms with van der Waals surface area (Å²) in [4.78, 5) is 4.20. The van der Waals surface area contributed by atoms with Crippen molar-refractivity contribution >= 4 is 16.6 Å². The summed E-state index contributed by atoms with van der Waals surface area (Å²) in [6.07, 6.45) is 1.56. The molecule has 0 unspecified atom stereocenters. The Morgan fingerprint density at radius 3 is 2.64 bits per heavy atom. The van der Waals surface area contributed by atoms with Crippen LogP contribution in [0, 0.1) is 11.3 Å². The van der Waals surface area contributed by atoms with Gasteiger partial charge in [-0.2, -0.15) is 5.26 Å². The topological polar surface area (TPSA) is 57.9 Å². The van der Waals surface area contributed by atoms with E-state index in [1.807, 2.05) is 18.2 Å². The zero-order chi connectivity index (χ0) is 15.4. The first kappa shape index (κ1) is 13.9. The van der Waals surface area contributed by atoms with Crippen LogP contribution in [0.4, 0.5) is 5.82 Å². The lowest BCUT2D eigenvalue weighted by molar-refractivity contribution is 0.415. The lowest BCUT2D eigenvalue weighted by Gasteiger charge is -2.08. The van der Waals surface area contributed by atoms with E-state index in [-0.39, 0.29) is 0 Å². The molecule has 1 N–H and O–H groups in total. The highest BCUT2D eigenvalue weighted by Crippen LogP contribution is 2.22. The summed E-state index contributed by atoms with van der Waals surface area (Å²) in [5.41, 5.74) is 1.73. The number of nitriles is 1. The number of hydrogen-bond donors (Lipinski definition) is 1.